The van der Waals surface area contributed by atoms with Gasteiger partial charge in [-0.3, -0.25) is 4.79 Å². The van der Waals surface area contributed by atoms with Crippen LogP contribution in [0.2, 0.25) is 0 Å². The molecule has 2 atom stereocenters. The van der Waals surface area contributed by atoms with Crippen LogP contribution >= 0.6 is 27.3 Å². The Kier molecular flexibility index (Phi) is 4.88. The first-order chi connectivity index (χ1) is 9.29. The van der Waals surface area contributed by atoms with Crippen LogP contribution in [0.5, 0.6) is 0 Å². The molecule has 1 aliphatic carbocycles. The molecule has 1 aromatic rings. The van der Waals surface area contributed by atoms with Crippen LogP contribution in [0.25, 0.3) is 0 Å². The summed E-state index contributed by atoms with van der Waals surface area (Å²) in [5.41, 5.74) is 0. The van der Waals surface area contributed by atoms with E-state index >= 15 is 0 Å². The van der Waals surface area contributed by atoms with E-state index in [0.29, 0.717) is 19.3 Å². The normalized spacial score (nSPS) is 23.7. The maximum absolute atomic E-state index is 12.3. The van der Waals surface area contributed by atoms with Gasteiger partial charge in [-0.25, -0.2) is 13.1 Å². The van der Waals surface area contributed by atoms with Gasteiger partial charge in [-0.1, -0.05) is 6.42 Å². The Balaban J connectivity index is 2.12. The maximum atomic E-state index is 12.3. The lowest BCUT2D eigenvalue weighted by Crippen LogP contribution is -2.39. The summed E-state index contributed by atoms with van der Waals surface area (Å²) in [7, 11) is -3.58. The van der Waals surface area contributed by atoms with Gasteiger partial charge in [0.05, 0.1) is 14.6 Å². The second-order valence-electron chi connectivity index (χ2n) is 4.99. The largest absolute Gasteiger partial charge is 0.481 e. The zero-order chi connectivity index (χ0) is 14.9. The molecule has 1 heterocycles. The van der Waals surface area contributed by atoms with Crippen molar-refractivity contribution in [3.05, 3.63) is 14.7 Å². The van der Waals surface area contributed by atoms with E-state index < -0.39 is 21.9 Å². The Bertz CT molecular complexity index is 611. The number of sulfonamides is 1. The van der Waals surface area contributed by atoms with Gasteiger partial charge in [0, 0.05) is 10.9 Å². The highest BCUT2D eigenvalue weighted by Crippen LogP contribution is 2.31. The lowest BCUT2D eigenvalue weighted by atomic mass is 9.86. The molecule has 1 fully saturated rings. The number of hydrogen-bond donors (Lipinski definition) is 2. The van der Waals surface area contributed by atoms with Gasteiger partial charge in [0.25, 0.3) is 0 Å². The van der Waals surface area contributed by atoms with Crippen molar-refractivity contribution in [2.24, 2.45) is 5.92 Å². The van der Waals surface area contributed by atoms with Crippen LogP contribution in [0.1, 0.15) is 30.6 Å². The number of nitrogens with one attached hydrogen (secondary N) is 1. The fraction of sp³-hybridized carbons (Fsp3) is 0.583. The molecule has 2 N–H and O–H groups in total. The zero-order valence-corrected chi connectivity index (χ0v) is 14.1. The molecule has 2 rings (SSSR count). The van der Waals surface area contributed by atoms with Gasteiger partial charge >= 0.3 is 5.97 Å². The molecule has 0 spiro atoms. The molecule has 2 unspecified atom stereocenters. The summed E-state index contributed by atoms with van der Waals surface area (Å²) < 4.78 is 28.1. The van der Waals surface area contributed by atoms with E-state index in [2.05, 4.69) is 20.7 Å². The highest BCUT2D eigenvalue weighted by Gasteiger charge is 2.30. The van der Waals surface area contributed by atoms with Crippen molar-refractivity contribution in [1.82, 2.24) is 4.72 Å². The van der Waals surface area contributed by atoms with Crippen LogP contribution in [0.15, 0.2) is 14.7 Å². The number of carboxylic acids is 1. The third-order valence-corrected chi connectivity index (χ3v) is 6.81. The van der Waals surface area contributed by atoms with Crippen LogP contribution in [-0.2, 0) is 14.8 Å². The maximum Gasteiger partial charge on any atom is 0.306 e. The fourth-order valence-corrected chi connectivity index (χ4v) is 6.20. The molecule has 0 bridgehead atoms. The summed E-state index contributed by atoms with van der Waals surface area (Å²) >= 11 is 4.64. The van der Waals surface area contributed by atoms with Crippen molar-refractivity contribution >= 4 is 43.3 Å². The zero-order valence-electron chi connectivity index (χ0n) is 10.9. The smallest absolute Gasteiger partial charge is 0.306 e. The van der Waals surface area contributed by atoms with Crippen molar-refractivity contribution in [3.8, 4) is 0 Å². The Labute approximate surface area is 130 Å². The molecule has 1 saturated carbocycles. The van der Waals surface area contributed by atoms with E-state index in [-0.39, 0.29) is 10.9 Å². The lowest BCUT2D eigenvalue weighted by molar-refractivity contribution is -0.143. The van der Waals surface area contributed by atoms with E-state index in [0.717, 1.165) is 15.1 Å². The quantitative estimate of drug-likeness (QED) is 0.839. The number of thiophene rings is 1. The van der Waals surface area contributed by atoms with Crippen molar-refractivity contribution in [2.75, 3.05) is 0 Å². The number of aliphatic carboxylic acids is 1. The molecule has 0 aliphatic heterocycles. The van der Waals surface area contributed by atoms with Crippen molar-refractivity contribution in [2.45, 2.75) is 43.5 Å². The van der Waals surface area contributed by atoms with Gasteiger partial charge < -0.3 is 5.11 Å². The van der Waals surface area contributed by atoms with Crippen molar-refractivity contribution in [3.63, 3.8) is 0 Å². The average Bonchev–Trinajstić information content (AvgIpc) is 2.69. The SMILES string of the molecule is Cc1sc(Br)cc1S(=O)(=O)NC1CCCC(C(=O)O)C1. The minimum absolute atomic E-state index is 0.270. The molecule has 20 heavy (non-hydrogen) atoms. The highest BCUT2D eigenvalue weighted by atomic mass is 79.9. The van der Waals surface area contributed by atoms with Gasteiger partial charge in [-0.2, -0.15) is 0 Å². The summed E-state index contributed by atoms with van der Waals surface area (Å²) in [5, 5.41) is 9.04. The fourth-order valence-electron chi connectivity index (χ4n) is 2.50. The first-order valence-electron chi connectivity index (χ1n) is 6.30. The molecule has 0 radical (unpaired) electrons. The third-order valence-electron chi connectivity index (χ3n) is 3.48. The molecule has 0 amide bonds. The average molecular weight is 382 g/mol. The van der Waals surface area contributed by atoms with E-state index in [9.17, 15) is 13.2 Å². The second kappa shape index (κ2) is 6.13. The molecule has 8 heteroatoms. The molecule has 5 nitrogen and oxygen atoms in total. The molecular formula is C12H16BrNO4S2. The second-order valence-corrected chi connectivity index (χ2v) is 9.31. The third kappa shape index (κ3) is 3.60. The van der Waals surface area contributed by atoms with Gasteiger partial charge in [-0.05, 0) is 48.2 Å². The van der Waals surface area contributed by atoms with Crippen LogP contribution in [0.3, 0.4) is 0 Å². The topological polar surface area (TPSA) is 83.5 Å². The van der Waals surface area contributed by atoms with E-state index in [4.69, 9.17) is 5.11 Å². The molecule has 1 aliphatic rings. The molecule has 0 saturated heterocycles. The van der Waals surface area contributed by atoms with Gasteiger partial charge in [0.2, 0.25) is 10.0 Å². The van der Waals surface area contributed by atoms with Crippen molar-refractivity contribution in [1.29, 1.82) is 0 Å². The molecule has 0 aromatic carbocycles. The van der Waals surface area contributed by atoms with Crippen LogP contribution < -0.4 is 4.72 Å². The summed E-state index contributed by atoms with van der Waals surface area (Å²) in [6, 6.07) is 1.28. The number of hydrogen-bond acceptors (Lipinski definition) is 4. The van der Waals surface area contributed by atoms with Crippen LogP contribution in [0, 0.1) is 12.8 Å². The van der Waals surface area contributed by atoms with Gasteiger partial charge in [-0.15, -0.1) is 11.3 Å². The predicted molar refractivity (Wildman–Crippen MR) is 80.5 cm³/mol. The first-order valence-corrected chi connectivity index (χ1v) is 9.40. The number of aryl methyl sites for hydroxylation is 1. The minimum Gasteiger partial charge on any atom is -0.481 e. The molecular weight excluding hydrogens is 366 g/mol. The summed E-state index contributed by atoms with van der Waals surface area (Å²) in [6.07, 6.45) is 2.40. The van der Waals surface area contributed by atoms with Crippen LogP contribution in [-0.4, -0.2) is 25.5 Å². The Morgan fingerprint density at radius 3 is 2.75 bits per heavy atom. The Hall–Kier alpha value is -0.440. The predicted octanol–water partition coefficient (Wildman–Crippen LogP) is 2.74. The number of carboxylic acid groups (broad SMARTS) is 1. The number of halogens is 1. The number of carbonyl (C=O) groups is 1. The van der Waals surface area contributed by atoms with Crippen LogP contribution in [0.4, 0.5) is 0 Å². The van der Waals surface area contributed by atoms with Gasteiger partial charge in [0.1, 0.15) is 0 Å². The van der Waals surface area contributed by atoms with E-state index in [1.807, 2.05) is 0 Å². The number of rotatable bonds is 4. The van der Waals surface area contributed by atoms with E-state index in [1.54, 1.807) is 13.0 Å². The lowest BCUT2D eigenvalue weighted by Gasteiger charge is -2.27. The molecule has 112 valence electrons. The highest BCUT2D eigenvalue weighted by molar-refractivity contribution is 9.11. The monoisotopic (exact) mass is 381 g/mol. The van der Waals surface area contributed by atoms with Crippen molar-refractivity contribution < 1.29 is 18.3 Å². The summed E-state index contributed by atoms with van der Waals surface area (Å²) in [4.78, 5) is 12.0. The standard InChI is InChI=1S/C12H16BrNO4S2/c1-7-10(6-11(13)19-7)20(17,18)14-9-4-2-3-8(5-9)12(15)16/h6,8-9,14H,2-5H2,1H3,(H,15,16). The first kappa shape index (κ1) is 15.9. The van der Waals surface area contributed by atoms with E-state index in [1.165, 1.54) is 11.3 Å². The summed E-state index contributed by atoms with van der Waals surface area (Å²) in [5.74, 6) is -1.30. The Morgan fingerprint density at radius 2 is 2.20 bits per heavy atom. The van der Waals surface area contributed by atoms with Gasteiger partial charge in [0.15, 0.2) is 0 Å². The minimum atomic E-state index is -3.58. The Morgan fingerprint density at radius 1 is 1.50 bits per heavy atom. The summed E-state index contributed by atoms with van der Waals surface area (Å²) in [6.45, 7) is 1.75. The molecule has 1 aromatic heterocycles.